The molecule has 0 amide bonds. The summed E-state index contributed by atoms with van der Waals surface area (Å²) in [7, 11) is 0. The Balaban J connectivity index is 1.87. The molecule has 90 valence electrons. The van der Waals surface area contributed by atoms with E-state index in [0.717, 1.165) is 10.3 Å². The van der Waals surface area contributed by atoms with Gasteiger partial charge in [-0.25, -0.2) is 4.39 Å². The molecule has 0 saturated carbocycles. The third-order valence-electron chi connectivity index (χ3n) is 2.65. The van der Waals surface area contributed by atoms with Crippen molar-refractivity contribution in [1.82, 2.24) is 4.98 Å². The lowest BCUT2D eigenvalue weighted by molar-refractivity contribution is 0.306. The van der Waals surface area contributed by atoms with Gasteiger partial charge in [-0.05, 0) is 29.6 Å². The summed E-state index contributed by atoms with van der Waals surface area (Å²) >= 11 is 1.53. The molecule has 0 saturated heterocycles. The highest BCUT2D eigenvalue weighted by Gasteiger charge is 2.09. The molecule has 4 heteroatoms. The molecule has 0 aliphatic rings. The minimum atomic E-state index is -0.196. The Morgan fingerprint density at radius 1 is 1.22 bits per heavy atom. The minimum Gasteiger partial charge on any atom is -0.487 e. The summed E-state index contributed by atoms with van der Waals surface area (Å²) in [5.74, 6) is 0.492. The van der Waals surface area contributed by atoms with Crippen molar-refractivity contribution in [2.75, 3.05) is 0 Å². The zero-order valence-corrected chi connectivity index (χ0v) is 10.3. The maximum Gasteiger partial charge on any atom is 0.138 e. The molecule has 18 heavy (non-hydrogen) atoms. The van der Waals surface area contributed by atoms with Gasteiger partial charge in [0.15, 0.2) is 0 Å². The number of halogens is 1. The highest BCUT2D eigenvalue weighted by atomic mass is 32.1. The summed E-state index contributed by atoms with van der Waals surface area (Å²) in [4.78, 5) is 3.97. The second-order valence-corrected chi connectivity index (χ2v) is 4.76. The number of pyridine rings is 1. The third-order valence-corrected chi connectivity index (χ3v) is 3.65. The molecule has 2 aromatic heterocycles. The summed E-state index contributed by atoms with van der Waals surface area (Å²) in [6.07, 6.45) is 3.33. The Labute approximate surface area is 108 Å². The summed E-state index contributed by atoms with van der Waals surface area (Å²) in [6.45, 7) is 0.354. The molecule has 0 atom stereocenters. The van der Waals surface area contributed by atoms with Gasteiger partial charge in [-0.3, -0.25) is 4.98 Å². The van der Waals surface area contributed by atoms with E-state index in [2.05, 4.69) is 4.98 Å². The van der Waals surface area contributed by atoms with E-state index >= 15 is 0 Å². The van der Waals surface area contributed by atoms with Crippen molar-refractivity contribution in [1.29, 1.82) is 0 Å². The normalized spacial score (nSPS) is 10.7. The highest BCUT2D eigenvalue weighted by Crippen LogP contribution is 2.29. The van der Waals surface area contributed by atoms with Gasteiger partial charge in [0, 0.05) is 21.8 Å². The fourth-order valence-electron chi connectivity index (χ4n) is 1.81. The van der Waals surface area contributed by atoms with Crippen LogP contribution in [0, 0.1) is 5.82 Å². The van der Waals surface area contributed by atoms with Crippen LogP contribution in [-0.2, 0) is 6.61 Å². The van der Waals surface area contributed by atoms with E-state index in [1.165, 1.54) is 17.4 Å². The van der Waals surface area contributed by atoms with E-state index in [1.54, 1.807) is 18.5 Å². The second kappa shape index (κ2) is 4.74. The van der Waals surface area contributed by atoms with Gasteiger partial charge < -0.3 is 4.74 Å². The maximum absolute atomic E-state index is 13.7. The smallest absolute Gasteiger partial charge is 0.138 e. The van der Waals surface area contributed by atoms with Crippen LogP contribution >= 0.6 is 11.3 Å². The Morgan fingerprint density at radius 3 is 3.00 bits per heavy atom. The van der Waals surface area contributed by atoms with Crippen LogP contribution in [0.25, 0.3) is 10.1 Å². The Morgan fingerprint density at radius 2 is 2.17 bits per heavy atom. The van der Waals surface area contributed by atoms with Crippen molar-refractivity contribution in [3.05, 3.63) is 59.5 Å². The van der Waals surface area contributed by atoms with E-state index in [1.807, 2.05) is 23.6 Å². The number of hydrogen-bond acceptors (Lipinski definition) is 3. The number of aromatic nitrogens is 1. The van der Waals surface area contributed by atoms with E-state index < -0.39 is 0 Å². The number of thiophene rings is 1. The van der Waals surface area contributed by atoms with E-state index in [0.29, 0.717) is 17.7 Å². The van der Waals surface area contributed by atoms with Crippen molar-refractivity contribution < 1.29 is 9.13 Å². The highest BCUT2D eigenvalue weighted by molar-refractivity contribution is 7.17. The lowest BCUT2D eigenvalue weighted by atomic mass is 10.2. The number of fused-ring (bicyclic) bond motifs is 1. The first kappa shape index (κ1) is 11.2. The molecule has 0 aliphatic heterocycles. The van der Waals surface area contributed by atoms with Crippen LogP contribution in [0.1, 0.15) is 5.56 Å². The summed E-state index contributed by atoms with van der Waals surface area (Å²) in [6, 6.07) is 8.75. The summed E-state index contributed by atoms with van der Waals surface area (Å²) in [5.41, 5.74) is 0.872. The van der Waals surface area contributed by atoms with Crippen molar-refractivity contribution in [3.63, 3.8) is 0 Å². The number of nitrogens with zero attached hydrogens (tertiary/aromatic N) is 1. The van der Waals surface area contributed by atoms with Crippen molar-refractivity contribution in [3.8, 4) is 5.75 Å². The van der Waals surface area contributed by atoms with Crippen LogP contribution in [0.2, 0.25) is 0 Å². The van der Waals surface area contributed by atoms with Gasteiger partial charge in [-0.1, -0.05) is 6.07 Å². The minimum absolute atomic E-state index is 0.196. The Hall–Kier alpha value is -1.94. The van der Waals surface area contributed by atoms with Crippen molar-refractivity contribution >= 4 is 21.4 Å². The maximum atomic E-state index is 13.7. The van der Waals surface area contributed by atoms with Crippen molar-refractivity contribution in [2.24, 2.45) is 0 Å². The van der Waals surface area contributed by atoms with Gasteiger partial charge in [-0.15, -0.1) is 11.3 Å². The van der Waals surface area contributed by atoms with Gasteiger partial charge in [0.2, 0.25) is 0 Å². The zero-order chi connectivity index (χ0) is 12.4. The summed E-state index contributed by atoms with van der Waals surface area (Å²) in [5, 5.41) is 2.59. The molecule has 3 aromatic rings. The van der Waals surface area contributed by atoms with Crippen LogP contribution in [0.5, 0.6) is 5.75 Å². The molecule has 2 nitrogen and oxygen atoms in total. The molecule has 0 spiro atoms. The van der Waals surface area contributed by atoms with Gasteiger partial charge >= 0.3 is 0 Å². The first-order valence-electron chi connectivity index (χ1n) is 5.52. The van der Waals surface area contributed by atoms with Crippen molar-refractivity contribution in [2.45, 2.75) is 6.61 Å². The predicted molar refractivity (Wildman–Crippen MR) is 70.4 cm³/mol. The van der Waals surface area contributed by atoms with Crippen LogP contribution in [0.15, 0.2) is 48.1 Å². The number of benzene rings is 1. The standard InChI is InChI=1S/C14H10FNOS/c15-12-4-1-5-13-14(12)10(9-18-13)8-17-11-3-2-6-16-7-11/h1-7,9H,8H2. The Kier molecular flexibility index (Phi) is 2.94. The van der Waals surface area contributed by atoms with E-state index in [4.69, 9.17) is 4.74 Å². The predicted octanol–water partition coefficient (Wildman–Crippen LogP) is 4.01. The van der Waals surface area contributed by atoms with Crippen LogP contribution in [0.4, 0.5) is 4.39 Å². The second-order valence-electron chi connectivity index (χ2n) is 3.85. The van der Waals surface area contributed by atoms with Gasteiger partial charge in [0.05, 0.1) is 6.20 Å². The SMILES string of the molecule is Fc1cccc2scc(COc3cccnc3)c12. The summed E-state index contributed by atoms with van der Waals surface area (Å²) < 4.78 is 20.3. The first-order valence-corrected chi connectivity index (χ1v) is 6.40. The van der Waals surface area contributed by atoms with Gasteiger partial charge in [0.1, 0.15) is 18.2 Å². The molecule has 0 bridgehead atoms. The molecule has 0 aliphatic carbocycles. The van der Waals surface area contributed by atoms with Crippen LogP contribution in [0.3, 0.4) is 0 Å². The molecule has 0 fully saturated rings. The number of rotatable bonds is 3. The van der Waals surface area contributed by atoms with Gasteiger partial charge in [0.25, 0.3) is 0 Å². The quantitative estimate of drug-likeness (QED) is 0.709. The molecule has 1 aromatic carbocycles. The molecule has 0 radical (unpaired) electrons. The molecule has 0 unspecified atom stereocenters. The van der Waals surface area contributed by atoms with E-state index in [-0.39, 0.29) is 5.82 Å². The van der Waals surface area contributed by atoms with Crippen LogP contribution < -0.4 is 4.74 Å². The van der Waals surface area contributed by atoms with E-state index in [9.17, 15) is 4.39 Å². The lowest BCUT2D eigenvalue weighted by Gasteiger charge is -2.04. The molecular formula is C14H10FNOS. The number of ether oxygens (including phenoxy) is 1. The molecular weight excluding hydrogens is 249 g/mol. The fourth-order valence-corrected chi connectivity index (χ4v) is 2.77. The topological polar surface area (TPSA) is 22.1 Å². The molecule has 2 heterocycles. The zero-order valence-electron chi connectivity index (χ0n) is 9.47. The fraction of sp³-hybridized carbons (Fsp3) is 0.0714. The largest absolute Gasteiger partial charge is 0.487 e. The lowest BCUT2D eigenvalue weighted by Crippen LogP contribution is -1.95. The average Bonchev–Trinajstić information content (AvgIpc) is 2.82. The molecule has 0 N–H and O–H groups in total. The average molecular weight is 259 g/mol. The monoisotopic (exact) mass is 259 g/mol. The number of hydrogen-bond donors (Lipinski definition) is 0. The van der Waals surface area contributed by atoms with Crippen LogP contribution in [-0.4, -0.2) is 4.98 Å². The molecule has 3 rings (SSSR count). The Bertz CT molecular complexity index is 666. The third kappa shape index (κ3) is 2.07. The van der Waals surface area contributed by atoms with Gasteiger partial charge in [-0.2, -0.15) is 0 Å². The first-order chi connectivity index (χ1) is 8.84.